The van der Waals surface area contributed by atoms with E-state index in [1.54, 1.807) is 0 Å². The maximum absolute atomic E-state index is 12.4. The molecule has 400 valence electrons. The summed E-state index contributed by atoms with van der Waals surface area (Å²) in [6.45, 7) is 4.92. The molecule has 0 rings (SSSR count). The highest BCUT2D eigenvalue weighted by Crippen LogP contribution is 2.17. The van der Waals surface area contributed by atoms with Crippen LogP contribution in [0.5, 0.6) is 0 Å². The van der Waals surface area contributed by atoms with Crippen LogP contribution in [0.25, 0.3) is 0 Å². The summed E-state index contributed by atoms with van der Waals surface area (Å²) in [5, 5.41) is 23.2. The van der Waals surface area contributed by atoms with E-state index in [0.717, 1.165) is 51.4 Å². The van der Waals surface area contributed by atoms with Gasteiger partial charge in [-0.15, -0.1) is 0 Å². The number of unbranched alkanes of at least 4 members (excludes halogenated alkanes) is 39. The predicted molar refractivity (Wildman–Crippen MR) is 296 cm³/mol. The Morgan fingerprint density at radius 1 is 0.412 bits per heavy atom. The minimum absolute atomic E-state index is 0.000740. The van der Waals surface area contributed by atoms with Gasteiger partial charge in [-0.25, -0.2) is 0 Å². The summed E-state index contributed by atoms with van der Waals surface area (Å²) in [5.74, 6) is -0.0396. The second kappa shape index (κ2) is 57.7. The molecule has 0 saturated carbocycles. The normalized spacial score (nSPS) is 12.8. The van der Waals surface area contributed by atoms with Crippen LogP contribution in [0.1, 0.15) is 322 Å². The average Bonchev–Trinajstić information content (AvgIpc) is 3.34. The lowest BCUT2D eigenvalue weighted by molar-refractivity contribution is -0.143. The molecule has 0 aromatic rings. The third-order valence-electron chi connectivity index (χ3n) is 13.9. The molecule has 1 amide bonds. The van der Waals surface area contributed by atoms with Crippen molar-refractivity contribution < 1.29 is 24.5 Å². The maximum atomic E-state index is 12.4. The number of esters is 1. The van der Waals surface area contributed by atoms with Crippen LogP contribution >= 0.6 is 0 Å². The van der Waals surface area contributed by atoms with Crippen LogP contribution in [-0.2, 0) is 14.3 Å². The number of ether oxygens (including phenoxy) is 1. The number of hydrogen-bond donors (Lipinski definition) is 3. The van der Waals surface area contributed by atoms with Gasteiger partial charge in [-0.1, -0.05) is 262 Å². The molecule has 0 aliphatic carbocycles. The van der Waals surface area contributed by atoms with Gasteiger partial charge in [0.2, 0.25) is 5.91 Å². The van der Waals surface area contributed by atoms with Gasteiger partial charge in [0.1, 0.15) is 0 Å². The fourth-order valence-electron chi connectivity index (χ4n) is 9.25. The molecule has 0 spiro atoms. The molecule has 2 unspecified atom stereocenters. The Hall–Kier alpha value is -1.92. The van der Waals surface area contributed by atoms with Gasteiger partial charge >= 0.3 is 5.97 Å². The minimum atomic E-state index is -0.665. The lowest BCUT2D eigenvalue weighted by atomic mass is 10.0. The van der Waals surface area contributed by atoms with Crippen molar-refractivity contribution in [1.29, 1.82) is 0 Å². The van der Waals surface area contributed by atoms with Crippen LogP contribution in [0, 0.1) is 0 Å². The molecule has 6 heteroatoms. The smallest absolute Gasteiger partial charge is 0.305 e. The first kappa shape index (κ1) is 66.1. The van der Waals surface area contributed by atoms with Crippen LogP contribution in [0.3, 0.4) is 0 Å². The Labute approximate surface area is 424 Å². The third-order valence-corrected chi connectivity index (χ3v) is 13.9. The first-order valence-corrected chi connectivity index (χ1v) is 30.2. The monoisotopic (exact) mass is 956 g/mol. The summed E-state index contributed by atoms with van der Waals surface area (Å²) in [5.41, 5.74) is 0. The van der Waals surface area contributed by atoms with Gasteiger partial charge in [0.05, 0.1) is 25.4 Å². The molecule has 0 fully saturated rings. The molecule has 6 nitrogen and oxygen atoms in total. The van der Waals surface area contributed by atoms with E-state index in [9.17, 15) is 19.8 Å². The van der Waals surface area contributed by atoms with Crippen LogP contribution in [0.2, 0.25) is 0 Å². The Kier molecular flexibility index (Phi) is 56.0. The van der Waals surface area contributed by atoms with Gasteiger partial charge in [-0.2, -0.15) is 0 Å². The number of hydrogen-bond acceptors (Lipinski definition) is 5. The molecule has 0 bridgehead atoms. The first-order valence-electron chi connectivity index (χ1n) is 30.2. The van der Waals surface area contributed by atoms with E-state index in [-0.39, 0.29) is 18.5 Å². The van der Waals surface area contributed by atoms with Crippen LogP contribution < -0.4 is 5.32 Å². The Morgan fingerprint density at radius 3 is 1.16 bits per heavy atom. The summed E-state index contributed by atoms with van der Waals surface area (Å²) in [6.07, 6.45) is 71.5. The highest BCUT2D eigenvalue weighted by molar-refractivity contribution is 5.76. The van der Waals surface area contributed by atoms with Crippen molar-refractivity contribution in [3.05, 3.63) is 36.5 Å². The molecule has 0 heterocycles. The molecule has 3 N–H and O–H groups in total. The molecule has 2 atom stereocenters. The minimum Gasteiger partial charge on any atom is -0.466 e. The lowest BCUT2D eigenvalue weighted by Gasteiger charge is -2.22. The molecule has 0 aromatic heterocycles. The lowest BCUT2D eigenvalue weighted by Crippen LogP contribution is -2.45. The number of aliphatic hydroxyl groups excluding tert-OH is 2. The molecule has 0 aliphatic rings. The molecular weight excluding hydrogens is 839 g/mol. The van der Waals surface area contributed by atoms with Gasteiger partial charge in [-0.3, -0.25) is 9.59 Å². The number of allylic oxidation sites excluding steroid dienone is 6. The highest BCUT2D eigenvalue weighted by atomic mass is 16.5. The van der Waals surface area contributed by atoms with Crippen molar-refractivity contribution in [1.82, 2.24) is 5.32 Å². The maximum Gasteiger partial charge on any atom is 0.305 e. The fourth-order valence-corrected chi connectivity index (χ4v) is 9.25. The summed E-state index contributed by atoms with van der Waals surface area (Å²) in [4.78, 5) is 24.5. The average molecular weight is 957 g/mol. The zero-order chi connectivity index (χ0) is 49.3. The van der Waals surface area contributed by atoms with E-state index < -0.39 is 12.1 Å². The number of carbonyl (C=O) groups excluding carboxylic acids is 2. The molecule has 0 radical (unpaired) electrons. The quantitative estimate of drug-likeness (QED) is 0.0321. The predicted octanol–water partition coefficient (Wildman–Crippen LogP) is 18.8. The second-order valence-corrected chi connectivity index (χ2v) is 20.7. The highest BCUT2D eigenvalue weighted by Gasteiger charge is 2.20. The number of rotatable bonds is 56. The van der Waals surface area contributed by atoms with Crippen molar-refractivity contribution >= 4 is 11.9 Å². The van der Waals surface area contributed by atoms with Gasteiger partial charge in [0.25, 0.3) is 0 Å². The number of amides is 1. The van der Waals surface area contributed by atoms with E-state index in [0.29, 0.717) is 25.9 Å². The fraction of sp³-hybridized carbons (Fsp3) is 0.871. The number of carbonyl (C=O) groups is 2. The van der Waals surface area contributed by atoms with E-state index >= 15 is 0 Å². The standard InChI is InChI=1S/C62H117NO5/c1-3-5-7-9-11-13-15-16-28-32-36-40-44-48-52-56-62(67)68-57-53-49-45-41-37-33-30-27-25-23-21-19-17-18-20-22-24-26-29-31-35-39-43-47-51-55-61(66)63-59(58-64)60(65)54-50-46-42-38-34-14-12-10-8-6-4-2/h11,13,16,18,20,28,59-60,64-65H,3-10,12,14-15,17,19,21-27,29-58H2,1-2H3,(H,63,66)/b13-11-,20-18-,28-16-. The van der Waals surface area contributed by atoms with Crippen LogP contribution in [-0.4, -0.2) is 47.4 Å². The van der Waals surface area contributed by atoms with Gasteiger partial charge < -0.3 is 20.3 Å². The Morgan fingerprint density at radius 2 is 0.735 bits per heavy atom. The Balaban J connectivity index is 3.38. The Bertz CT molecular complexity index is 1100. The van der Waals surface area contributed by atoms with E-state index in [1.165, 1.54) is 238 Å². The summed E-state index contributed by atoms with van der Waals surface area (Å²) < 4.78 is 5.48. The summed E-state index contributed by atoms with van der Waals surface area (Å²) in [6, 6.07) is -0.542. The summed E-state index contributed by atoms with van der Waals surface area (Å²) in [7, 11) is 0. The van der Waals surface area contributed by atoms with Crippen molar-refractivity contribution in [3.63, 3.8) is 0 Å². The largest absolute Gasteiger partial charge is 0.466 e. The molecule has 0 aliphatic heterocycles. The van der Waals surface area contributed by atoms with Crippen LogP contribution in [0.15, 0.2) is 36.5 Å². The molecule has 68 heavy (non-hydrogen) atoms. The molecular formula is C62H117NO5. The number of aliphatic hydroxyl groups is 2. The molecule has 0 aromatic carbocycles. The summed E-state index contributed by atoms with van der Waals surface area (Å²) >= 11 is 0. The van der Waals surface area contributed by atoms with Gasteiger partial charge in [-0.05, 0) is 83.5 Å². The molecule has 0 saturated heterocycles. The SMILES string of the molecule is CCCCC/C=C\C/C=C\CCCCCCCC(=O)OCCCCCCCCCCCCCC/C=C\CCCCCCCCCCCC(=O)NC(CO)C(O)CCCCCCCCCCCCC. The van der Waals surface area contributed by atoms with E-state index in [4.69, 9.17) is 4.74 Å². The second-order valence-electron chi connectivity index (χ2n) is 20.7. The number of nitrogens with one attached hydrogen (secondary N) is 1. The van der Waals surface area contributed by atoms with Crippen molar-refractivity contribution in [2.24, 2.45) is 0 Å². The van der Waals surface area contributed by atoms with Gasteiger partial charge in [0.15, 0.2) is 0 Å². The van der Waals surface area contributed by atoms with Crippen LogP contribution in [0.4, 0.5) is 0 Å². The van der Waals surface area contributed by atoms with E-state index in [1.807, 2.05) is 0 Å². The zero-order valence-corrected chi connectivity index (χ0v) is 45.6. The van der Waals surface area contributed by atoms with E-state index in [2.05, 4.69) is 55.6 Å². The van der Waals surface area contributed by atoms with Crippen molar-refractivity contribution in [3.8, 4) is 0 Å². The topological polar surface area (TPSA) is 95.9 Å². The van der Waals surface area contributed by atoms with Gasteiger partial charge in [0, 0.05) is 12.8 Å². The zero-order valence-electron chi connectivity index (χ0n) is 45.6. The van der Waals surface area contributed by atoms with Crippen molar-refractivity contribution in [2.75, 3.05) is 13.2 Å². The van der Waals surface area contributed by atoms with Crippen molar-refractivity contribution in [2.45, 2.75) is 334 Å². The first-order chi connectivity index (χ1) is 33.5. The third kappa shape index (κ3) is 53.4.